The van der Waals surface area contributed by atoms with Gasteiger partial charge in [-0.05, 0) is 49.4 Å². The Balaban J connectivity index is 1.49. The summed E-state index contributed by atoms with van der Waals surface area (Å²) in [5, 5.41) is 5.98. The Morgan fingerprint density at radius 3 is 2.52 bits per heavy atom. The molecule has 0 bridgehead atoms. The van der Waals surface area contributed by atoms with Crippen molar-refractivity contribution in [2.45, 2.75) is 26.2 Å². The van der Waals surface area contributed by atoms with E-state index in [4.69, 9.17) is 0 Å². The molecule has 1 heterocycles. The van der Waals surface area contributed by atoms with Crippen molar-refractivity contribution >= 4 is 11.9 Å². The Morgan fingerprint density at radius 1 is 0.966 bits per heavy atom. The molecule has 0 saturated carbocycles. The fourth-order valence-corrected chi connectivity index (χ4v) is 3.00. The number of benzene rings is 2. The van der Waals surface area contributed by atoms with Crippen LogP contribution < -0.4 is 10.6 Å². The maximum atomic E-state index is 13.7. The van der Waals surface area contributed by atoms with Gasteiger partial charge in [0.15, 0.2) is 0 Å². The van der Waals surface area contributed by atoms with Gasteiger partial charge in [0.1, 0.15) is 11.5 Å². The molecule has 0 saturated heterocycles. The number of amides is 1. The second-order valence-corrected chi connectivity index (χ2v) is 6.83. The quantitative estimate of drug-likeness (QED) is 0.541. The number of nitrogens with zero attached hydrogens (tertiary/aromatic N) is 2. The molecule has 6 heteroatoms. The zero-order valence-electron chi connectivity index (χ0n) is 16.5. The summed E-state index contributed by atoms with van der Waals surface area (Å²) in [4.78, 5) is 21.1. The molecule has 3 aromatic rings. The minimum absolute atomic E-state index is 0.262. The number of carbonyl (C=O) groups excluding carboxylic acids is 1. The van der Waals surface area contributed by atoms with Crippen LogP contribution in [0.4, 0.5) is 10.3 Å². The van der Waals surface area contributed by atoms with E-state index >= 15 is 0 Å². The fraction of sp³-hybridized carbons (Fsp3) is 0.261. The number of halogens is 1. The van der Waals surface area contributed by atoms with E-state index in [1.165, 1.54) is 11.6 Å². The second kappa shape index (κ2) is 10.3. The van der Waals surface area contributed by atoms with Gasteiger partial charge in [0.25, 0.3) is 5.91 Å². The predicted octanol–water partition coefficient (Wildman–Crippen LogP) is 3.94. The summed E-state index contributed by atoms with van der Waals surface area (Å²) in [5.41, 5.74) is 2.88. The molecule has 150 valence electrons. The summed E-state index contributed by atoms with van der Waals surface area (Å²) in [6.45, 7) is 2.88. The van der Waals surface area contributed by atoms with Crippen molar-refractivity contribution in [1.29, 1.82) is 0 Å². The lowest BCUT2D eigenvalue weighted by molar-refractivity contribution is 0.0949. The van der Waals surface area contributed by atoms with Crippen LogP contribution in [0.2, 0.25) is 0 Å². The normalized spacial score (nSPS) is 10.6. The van der Waals surface area contributed by atoms with Crippen LogP contribution in [0, 0.1) is 12.7 Å². The maximum Gasteiger partial charge on any atom is 0.270 e. The van der Waals surface area contributed by atoms with E-state index < -0.39 is 0 Å². The van der Waals surface area contributed by atoms with E-state index in [1.807, 2.05) is 25.1 Å². The first-order valence-corrected chi connectivity index (χ1v) is 9.77. The molecule has 0 atom stereocenters. The van der Waals surface area contributed by atoms with Crippen molar-refractivity contribution in [2.24, 2.45) is 0 Å². The van der Waals surface area contributed by atoms with Crippen molar-refractivity contribution < 1.29 is 9.18 Å². The first kappa shape index (κ1) is 20.5. The van der Waals surface area contributed by atoms with E-state index in [2.05, 4.69) is 32.7 Å². The van der Waals surface area contributed by atoms with Crippen LogP contribution >= 0.6 is 0 Å². The van der Waals surface area contributed by atoms with Gasteiger partial charge >= 0.3 is 0 Å². The Bertz CT molecular complexity index is 947. The molecule has 0 fully saturated rings. The first-order chi connectivity index (χ1) is 14.1. The molecular weight excluding hydrogens is 367 g/mol. The number of hydrogen-bond acceptors (Lipinski definition) is 4. The molecule has 1 aromatic heterocycles. The SMILES string of the molecule is Cc1cc(C(=O)NCCc2ccccc2F)nc(NCCCc2ccccc2)n1. The van der Waals surface area contributed by atoms with E-state index in [0.717, 1.165) is 12.8 Å². The Morgan fingerprint density at radius 2 is 1.72 bits per heavy atom. The third-order valence-corrected chi connectivity index (χ3v) is 4.49. The molecule has 0 aliphatic rings. The van der Waals surface area contributed by atoms with Crippen molar-refractivity contribution in [3.05, 3.63) is 89.0 Å². The van der Waals surface area contributed by atoms with Crippen molar-refractivity contribution in [3.8, 4) is 0 Å². The molecule has 3 rings (SSSR count). The standard InChI is InChI=1S/C23H25FN4O/c1-17-16-21(22(29)25-15-13-19-11-5-6-12-20(19)24)28-23(27-17)26-14-7-10-18-8-3-2-4-9-18/h2-6,8-9,11-12,16H,7,10,13-15H2,1H3,(H,25,29)(H,26,27,28). The number of carbonyl (C=O) groups is 1. The minimum atomic E-state index is -0.292. The molecule has 0 aliphatic carbocycles. The molecule has 1 amide bonds. The van der Waals surface area contributed by atoms with Crippen molar-refractivity contribution in [3.63, 3.8) is 0 Å². The number of aromatic nitrogens is 2. The van der Waals surface area contributed by atoms with Gasteiger partial charge < -0.3 is 10.6 Å². The highest BCUT2D eigenvalue weighted by molar-refractivity contribution is 5.92. The number of hydrogen-bond donors (Lipinski definition) is 2. The lowest BCUT2D eigenvalue weighted by Gasteiger charge is -2.09. The lowest BCUT2D eigenvalue weighted by atomic mass is 10.1. The third-order valence-electron chi connectivity index (χ3n) is 4.49. The lowest BCUT2D eigenvalue weighted by Crippen LogP contribution is -2.27. The molecule has 29 heavy (non-hydrogen) atoms. The van der Waals surface area contributed by atoms with Crippen molar-refractivity contribution in [1.82, 2.24) is 15.3 Å². The third kappa shape index (κ3) is 6.38. The topological polar surface area (TPSA) is 66.9 Å². The van der Waals surface area contributed by atoms with Crippen LogP contribution in [0.3, 0.4) is 0 Å². The molecule has 2 N–H and O–H groups in total. The fourth-order valence-electron chi connectivity index (χ4n) is 3.00. The van der Waals surface area contributed by atoms with Gasteiger partial charge in [-0.3, -0.25) is 4.79 Å². The van der Waals surface area contributed by atoms with Crippen molar-refractivity contribution in [2.75, 3.05) is 18.4 Å². The summed E-state index contributed by atoms with van der Waals surface area (Å²) in [6.07, 6.45) is 2.32. The van der Waals surface area contributed by atoms with E-state index in [-0.39, 0.29) is 11.7 Å². The van der Waals surface area contributed by atoms with Gasteiger partial charge in [0, 0.05) is 18.8 Å². The summed E-state index contributed by atoms with van der Waals surface area (Å²) >= 11 is 0. The van der Waals surface area contributed by atoms with Crippen LogP contribution in [0.25, 0.3) is 0 Å². The van der Waals surface area contributed by atoms with Gasteiger partial charge in [0.05, 0.1) is 0 Å². The highest BCUT2D eigenvalue weighted by Crippen LogP contribution is 2.08. The van der Waals surface area contributed by atoms with Crippen LogP contribution in [-0.2, 0) is 12.8 Å². The maximum absolute atomic E-state index is 13.7. The average Bonchev–Trinajstić information content (AvgIpc) is 2.73. The van der Waals surface area contributed by atoms with E-state index in [1.54, 1.807) is 24.3 Å². The number of nitrogens with one attached hydrogen (secondary N) is 2. The zero-order chi connectivity index (χ0) is 20.5. The second-order valence-electron chi connectivity index (χ2n) is 6.83. The molecule has 0 radical (unpaired) electrons. The molecule has 2 aromatic carbocycles. The molecule has 0 unspecified atom stereocenters. The highest BCUT2D eigenvalue weighted by atomic mass is 19.1. The van der Waals surface area contributed by atoms with Crippen LogP contribution in [0.15, 0.2) is 60.7 Å². The highest BCUT2D eigenvalue weighted by Gasteiger charge is 2.11. The smallest absolute Gasteiger partial charge is 0.270 e. The van der Waals surface area contributed by atoms with Crippen LogP contribution in [0.1, 0.15) is 33.7 Å². The Labute approximate surface area is 170 Å². The summed E-state index contributed by atoms with van der Waals surface area (Å²) < 4.78 is 13.7. The van der Waals surface area contributed by atoms with Gasteiger partial charge in [0.2, 0.25) is 5.95 Å². The van der Waals surface area contributed by atoms with Gasteiger partial charge in [-0.1, -0.05) is 48.5 Å². The minimum Gasteiger partial charge on any atom is -0.354 e. The monoisotopic (exact) mass is 392 g/mol. The van der Waals surface area contributed by atoms with Crippen LogP contribution in [-0.4, -0.2) is 29.0 Å². The Kier molecular flexibility index (Phi) is 7.28. The zero-order valence-corrected chi connectivity index (χ0v) is 16.5. The predicted molar refractivity (Wildman–Crippen MR) is 112 cm³/mol. The molecule has 0 spiro atoms. The average molecular weight is 392 g/mol. The van der Waals surface area contributed by atoms with Gasteiger partial charge in [-0.15, -0.1) is 0 Å². The summed E-state index contributed by atoms with van der Waals surface area (Å²) in [7, 11) is 0. The number of rotatable bonds is 9. The largest absolute Gasteiger partial charge is 0.354 e. The van der Waals surface area contributed by atoms with E-state index in [9.17, 15) is 9.18 Å². The number of anilines is 1. The van der Waals surface area contributed by atoms with Gasteiger partial charge in [-0.2, -0.15) is 0 Å². The first-order valence-electron chi connectivity index (χ1n) is 9.77. The summed E-state index contributed by atoms with van der Waals surface area (Å²) in [6, 6.07) is 18.5. The van der Waals surface area contributed by atoms with Gasteiger partial charge in [-0.25, -0.2) is 14.4 Å². The summed E-state index contributed by atoms with van der Waals surface area (Å²) in [5.74, 6) is -0.113. The Hall–Kier alpha value is -3.28. The van der Waals surface area contributed by atoms with E-state index in [0.29, 0.717) is 42.4 Å². The molecule has 5 nitrogen and oxygen atoms in total. The number of aryl methyl sites for hydroxylation is 2. The molecule has 0 aliphatic heterocycles. The molecular formula is C23H25FN4O. The van der Waals surface area contributed by atoms with Crippen LogP contribution in [0.5, 0.6) is 0 Å².